The number of hydrogen-bond acceptors (Lipinski definition) is 7. The number of β-amino-alcohol motifs (C(OH)–C–C–N with tert-alkyl or cyclic N) is 1. The van der Waals surface area contributed by atoms with Gasteiger partial charge in [0.25, 0.3) is 0 Å². The number of aryl methyl sites for hydroxylation is 1. The van der Waals surface area contributed by atoms with E-state index < -0.39 is 18.2 Å². The second-order valence-corrected chi connectivity index (χ2v) is 13.6. The largest absolute Gasteiger partial charge is 0.391 e. The van der Waals surface area contributed by atoms with Crippen LogP contribution in [0.1, 0.15) is 70.7 Å². The van der Waals surface area contributed by atoms with Crippen molar-refractivity contribution in [3.63, 3.8) is 0 Å². The average Bonchev–Trinajstić information content (AvgIpc) is 3.51. The van der Waals surface area contributed by atoms with E-state index >= 15 is 0 Å². The number of aliphatic hydroxyl groups excluding tert-OH is 1. The summed E-state index contributed by atoms with van der Waals surface area (Å²) in [7, 11) is 0. The molecule has 11 heteroatoms. The molecule has 1 saturated heterocycles. The van der Waals surface area contributed by atoms with Crippen molar-refractivity contribution >= 4 is 51.6 Å². The first kappa shape index (κ1) is 32.4. The van der Waals surface area contributed by atoms with E-state index in [1.807, 2.05) is 57.5 Å². The summed E-state index contributed by atoms with van der Waals surface area (Å²) in [6.45, 7) is 10.6. The summed E-state index contributed by atoms with van der Waals surface area (Å²) in [5, 5.41) is 19.6. The number of alkyl halides is 1. The molecule has 0 radical (unpaired) electrons. The fourth-order valence-electron chi connectivity index (χ4n) is 4.85. The first-order valence-corrected chi connectivity index (χ1v) is 16.1. The van der Waals surface area contributed by atoms with Gasteiger partial charge in [-0.1, -0.05) is 60.7 Å². The molecule has 0 saturated carbocycles. The zero-order chi connectivity index (χ0) is 29.4. The molecule has 220 valence electrons. The number of nitrogens with one attached hydrogen (secondary N) is 3. The average molecular weight is 684 g/mol. The van der Waals surface area contributed by atoms with Gasteiger partial charge < -0.3 is 26.0 Å². The summed E-state index contributed by atoms with van der Waals surface area (Å²) in [6.07, 6.45) is 1.28. The van der Waals surface area contributed by atoms with E-state index in [1.54, 1.807) is 11.3 Å². The van der Waals surface area contributed by atoms with E-state index in [0.717, 1.165) is 41.1 Å². The second-order valence-electron chi connectivity index (χ2n) is 10.8. The molecule has 40 heavy (non-hydrogen) atoms. The molecular weight excluding hydrogens is 641 g/mol. The Labute approximate surface area is 255 Å². The third kappa shape index (κ3) is 8.95. The van der Waals surface area contributed by atoms with Crippen LogP contribution in [0.4, 0.5) is 0 Å². The summed E-state index contributed by atoms with van der Waals surface area (Å²) < 4.78 is 0.373. The van der Waals surface area contributed by atoms with Gasteiger partial charge in [0.2, 0.25) is 17.7 Å². The molecule has 3 amide bonds. The van der Waals surface area contributed by atoms with Crippen molar-refractivity contribution in [1.29, 1.82) is 0 Å². The van der Waals surface area contributed by atoms with Crippen LogP contribution in [0, 0.1) is 12.8 Å². The molecule has 1 aliphatic heterocycles. The van der Waals surface area contributed by atoms with E-state index in [2.05, 4.69) is 50.4 Å². The number of unbranched alkanes of at least 4 members (excludes halogenated alkanes) is 1. The zero-order valence-corrected chi connectivity index (χ0v) is 26.9. The van der Waals surface area contributed by atoms with Gasteiger partial charge >= 0.3 is 0 Å². The lowest BCUT2D eigenvalue weighted by Gasteiger charge is -2.31. The Balaban J connectivity index is 1.60. The van der Waals surface area contributed by atoms with Crippen LogP contribution in [-0.4, -0.2) is 68.0 Å². The number of likely N-dealkylation sites (tertiary alicyclic amines) is 1. The number of aliphatic hydroxyl groups is 1. The Kier molecular flexibility index (Phi) is 12.3. The molecule has 1 aliphatic rings. The number of rotatable bonds is 13. The number of nitrogens with zero attached hydrogens (tertiary/aromatic N) is 2. The number of thiazole rings is 1. The first-order valence-electron chi connectivity index (χ1n) is 13.9. The van der Waals surface area contributed by atoms with Crippen LogP contribution in [0.25, 0.3) is 10.4 Å². The van der Waals surface area contributed by atoms with Crippen LogP contribution in [0.15, 0.2) is 29.8 Å². The van der Waals surface area contributed by atoms with Crippen molar-refractivity contribution in [2.45, 2.75) is 88.6 Å². The minimum Gasteiger partial charge on any atom is -0.391 e. The fourth-order valence-corrected chi connectivity index (χ4v) is 5.97. The molecule has 1 unspecified atom stereocenters. The Morgan fingerprint density at radius 1 is 1.12 bits per heavy atom. The highest BCUT2D eigenvalue weighted by atomic mass is 127. The minimum atomic E-state index is -0.802. The Morgan fingerprint density at radius 2 is 1.82 bits per heavy atom. The molecule has 2 aromatic rings. The Hall–Kier alpha value is -2.09. The number of amides is 3. The van der Waals surface area contributed by atoms with Gasteiger partial charge in [0.1, 0.15) is 12.1 Å². The predicted octanol–water partition coefficient (Wildman–Crippen LogP) is 3.94. The molecule has 4 N–H and O–H groups in total. The van der Waals surface area contributed by atoms with Crippen LogP contribution < -0.4 is 16.0 Å². The number of halogens is 1. The molecule has 0 bridgehead atoms. The van der Waals surface area contributed by atoms with Gasteiger partial charge in [-0.15, -0.1) is 11.3 Å². The van der Waals surface area contributed by atoms with Crippen molar-refractivity contribution in [1.82, 2.24) is 25.8 Å². The number of aromatic nitrogens is 1. The quantitative estimate of drug-likeness (QED) is 0.110. The van der Waals surface area contributed by atoms with Crippen LogP contribution in [0.5, 0.6) is 0 Å². The molecular formula is C29H42IN5O4S. The maximum Gasteiger partial charge on any atom is 0.246 e. The topological polar surface area (TPSA) is 124 Å². The van der Waals surface area contributed by atoms with Gasteiger partial charge in [0.15, 0.2) is 0 Å². The standard InChI is InChI=1S/C29H42IN5O4S/c1-17(2)26(34-25(37)8-6-7-13-31-20(5)30)29(39)35-15-23(36)14-24(35)28(38)33-18(3)21-9-11-22(12-10-21)27-19(4)32-16-40-27/h9-12,16-18,20,23-24,26,31,36H,6-8,13-15H2,1-5H3,(H,33,38)(H,34,37)/t18-,20?,23+,24-,26-/m0/s1. The Morgan fingerprint density at radius 3 is 2.42 bits per heavy atom. The van der Waals surface area contributed by atoms with Crippen molar-refractivity contribution in [3.05, 3.63) is 41.0 Å². The van der Waals surface area contributed by atoms with Gasteiger partial charge in [-0.05, 0) is 57.2 Å². The lowest BCUT2D eigenvalue weighted by Crippen LogP contribution is -2.55. The van der Waals surface area contributed by atoms with Crippen LogP contribution in [-0.2, 0) is 14.4 Å². The van der Waals surface area contributed by atoms with Crippen LogP contribution in [0.2, 0.25) is 0 Å². The molecule has 1 aromatic carbocycles. The monoisotopic (exact) mass is 683 g/mol. The summed E-state index contributed by atoms with van der Waals surface area (Å²) in [5.41, 5.74) is 4.82. The van der Waals surface area contributed by atoms with Crippen molar-refractivity contribution in [2.24, 2.45) is 5.92 Å². The highest BCUT2D eigenvalue weighted by Gasteiger charge is 2.42. The number of hydrogen-bond donors (Lipinski definition) is 4. The molecule has 0 aliphatic carbocycles. The van der Waals surface area contributed by atoms with E-state index in [4.69, 9.17) is 0 Å². The van der Waals surface area contributed by atoms with E-state index in [9.17, 15) is 19.5 Å². The number of carbonyl (C=O) groups is 3. The summed E-state index contributed by atoms with van der Waals surface area (Å²) in [5.74, 6) is -0.997. The smallest absolute Gasteiger partial charge is 0.246 e. The lowest BCUT2D eigenvalue weighted by molar-refractivity contribution is -0.142. The molecule has 5 atom stereocenters. The fraction of sp³-hybridized carbons (Fsp3) is 0.586. The lowest BCUT2D eigenvalue weighted by atomic mass is 10.0. The van der Waals surface area contributed by atoms with Gasteiger partial charge in [-0.3, -0.25) is 14.4 Å². The molecule has 2 heterocycles. The summed E-state index contributed by atoms with van der Waals surface area (Å²) in [6, 6.07) is 6.14. The molecule has 0 spiro atoms. The van der Waals surface area contributed by atoms with Gasteiger partial charge in [-0.25, -0.2) is 4.98 Å². The first-order chi connectivity index (χ1) is 19.0. The highest BCUT2D eigenvalue weighted by molar-refractivity contribution is 14.1. The molecule has 3 rings (SSSR count). The third-order valence-corrected chi connectivity index (χ3v) is 8.57. The summed E-state index contributed by atoms with van der Waals surface area (Å²) >= 11 is 3.89. The maximum absolute atomic E-state index is 13.6. The second kappa shape index (κ2) is 15.2. The van der Waals surface area contributed by atoms with Crippen molar-refractivity contribution in [3.8, 4) is 10.4 Å². The van der Waals surface area contributed by atoms with Crippen molar-refractivity contribution in [2.75, 3.05) is 13.1 Å². The number of benzene rings is 1. The third-order valence-electron chi connectivity index (χ3n) is 7.15. The van der Waals surface area contributed by atoms with E-state index in [0.29, 0.717) is 10.5 Å². The molecule has 9 nitrogen and oxygen atoms in total. The van der Waals surface area contributed by atoms with E-state index in [1.165, 1.54) is 4.90 Å². The van der Waals surface area contributed by atoms with Gasteiger partial charge in [0.05, 0.1) is 32.3 Å². The summed E-state index contributed by atoms with van der Waals surface area (Å²) in [4.78, 5) is 46.4. The molecule has 1 fully saturated rings. The zero-order valence-electron chi connectivity index (χ0n) is 23.9. The van der Waals surface area contributed by atoms with E-state index in [-0.39, 0.29) is 42.6 Å². The highest BCUT2D eigenvalue weighted by Crippen LogP contribution is 2.28. The molecule has 1 aromatic heterocycles. The number of carbonyl (C=O) groups excluding carboxylic acids is 3. The normalized spacial score (nSPS) is 19.4. The predicted molar refractivity (Wildman–Crippen MR) is 167 cm³/mol. The van der Waals surface area contributed by atoms with Gasteiger partial charge in [0, 0.05) is 19.4 Å². The maximum atomic E-state index is 13.6. The Bertz CT molecular complexity index is 1140. The minimum absolute atomic E-state index is 0.0629. The van der Waals surface area contributed by atoms with Gasteiger partial charge in [-0.2, -0.15) is 0 Å². The van der Waals surface area contributed by atoms with Crippen LogP contribution >= 0.6 is 33.9 Å². The van der Waals surface area contributed by atoms with Crippen molar-refractivity contribution < 1.29 is 19.5 Å². The SMILES string of the molecule is Cc1ncsc1-c1ccc([C@H](C)NC(=O)[C@@H]2C[C@@H](O)CN2C(=O)[C@@H](NC(=O)CCCCNC(C)I)C(C)C)cc1. The van der Waals surface area contributed by atoms with Crippen LogP contribution in [0.3, 0.4) is 0 Å².